The summed E-state index contributed by atoms with van der Waals surface area (Å²) < 4.78 is 5.41. The number of amides is 1. The van der Waals surface area contributed by atoms with Crippen molar-refractivity contribution in [3.8, 4) is 0 Å². The molecule has 0 spiro atoms. The van der Waals surface area contributed by atoms with Crippen LogP contribution < -0.4 is 0 Å². The van der Waals surface area contributed by atoms with E-state index in [2.05, 4.69) is 16.7 Å². The Morgan fingerprint density at radius 2 is 1.87 bits per heavy atom. The molecule has 4 heteroatoms. The Labute approximate surface area is 139 Å². The molecule has 2 fully saturated rings. The van der Waals surface area contributed by atoms with Crippen molar-refractivity contribution in [3.05, 3.63) is 35.4 Å². The third-order valence-corrected chi connectivity index (χ3v) is 5.07. The van der Waals surface area contributed by atoms with Crippen molar-refractivity contribution in [3.63, 3.8) is 0 Å². The summed E-state index contributed by atoms with van der Waals surface area (Å²) >= 11 is 0. The minimum Gasteiger partial charge on any atom is -0.379 e. The summed E-state index contributed by atoms with van der Waals surface area (Å²) in [4.78, 5) is 17.4. The summed E-state index contributed by atoms with van der Waals surface area (Å²) in [6.07, 6.45) is 4.59. The van der Waals surface area contributed by atoms with E-state index in [1.165, 1.54) is 12.0 Å². The molecular formula is C19H28N2O2. The van der Waals surface area contributed by atoms with Gasteiger partial charge in [-0.25, -0.2) is 0 Å². The first-order valence-electron chi connectivity index (χ1n) is 8.92. The van der Waals surface area contributed by atoms with Gasteiger partial charge in [0.15, 0.2) is 0 Å². The minimum atomic E-state index is 0.205. The molecule has 2 aliphatic heterocycles. The van der Waals surface area contributed by atoms with E-state index in [9.17, 15) is 4.79 Å². The number of benzene rings is 1. The Morgan fingerprint density at radius 1 is 1.13 bits per heavy atom. The summed E-state index contributed by atoms with van der Waals surface area (Å²) in [6, 6.07) is 8.37. The Bertz CT molecular complexity index is 509. The molecule has 1 atom stereocenters. The van der Waals surface area contributed by atoms with Gasteiger partial charge in [0.05, 0.1) is 13.2 Å². The standard InChI is InChI=1S/C19H28N2O2/c1-16-5-7-17(8-6-16)19(22)21-10-3-2-4-18(21)9-11-20-12-14-23-15-13-20/h5-8,18H,2-4,9-15H2,1H3/t18-/m0/s1. The van der Waals surface area contributed by atoms with Gasteiger partial charge in [-0.2, -0.15) is 0 Å². The lowest BCUT2D eigenvalue weighted by Crippen LogP contribution is -2.46. The molecular weight excluding hydrogens is 288 g/mol. The fourth-order valence-corrected chi connectivity index (χ4v) is 3.59. The van der Waals surface area contributed by atoms with E-state index in [1.54, 1.807) is 0 Å². The van der Waals surface area contributed by atoms with E-state index < -0.39 is 0 Å². The predicted molar refractivity (Wildman–Crippen MR) is 91.7 cm³/mol. The maximum absolute atomic E-state index is 12.9. The van der Waals surface area contributed by atoms with Crippen molar-refractivity contribution in [2.24, 2.45) is 0 Å². The van der Waals surface area contributed by atoms with Crippen LogP contribution in [0.2, 0.25) is 0 Å². The zero-order valence-electron chi connectivity index (χ0n) is 14.2. The Hall–Kier alpha value is -1.39. The molecule has 0 radical (unpaired) electrons. The van der Waals surface area contributed by atoms with E-state index in [0.29, 0.717) is 6.04 Å². The Morgan fingerprint density at radius 3 is 2.61 bits per heavy atom. The predicted octanol–water partition coefficient (Wildman–Crippen LogP) is 2.71. The lowest BCUT2D eigenvalue weighted by molar-refractivity contribution is 0.0295. The first-order valence-corrected chi connectivity index (χ1v) is 8.92. The second-order valence-corrected chi connectivity index (χ2v) is 6.76. The minimum absolute atomic E-state index is 0.205. The van der Waals surface area contributed by atoms with Crippen LogP contribution in [0.5, 0.6) is 0 Å². The highest BCUT2D eigenvalue weighted by Gasteiger charge is 2.27. The van der Waals surface area contributed by atoms with E-state index >= 15 is 0 Å². The summed E-state index contributed by atoms with van der Waals surface area (Å²) in [6.45, 7) is 7.77. The number of nitrogens with zero attached hydrogens (tertiary/aromatic N) is 2. The first kappa shape index (κ1) is 16.5. The zero-order valence-corrected chi connectivity index (χ0v) is 14.2. The lowest BCUT2D eigenvalue weighted by Gasteiger charge is -2.37. The third-order valence-electron chi connectivity index (χ3n) is 5.07. The van der Waals surface area contributed by atoms with Gasteiger partial charge in [0, 0.05) is 37.8 Å². The number of rotatable bonds is 4. The van der Waals surface area contributed by atoms with E-state index in [-0.39, 0.29) is 5.91 Å². The highest BCUT2D eigenvalue weighted by Crippen LogP contribution is 2.22. The van der Waals surface area contributed by atoms with Crippen LogP contribution in [-0.4, -0.2) is 61.1 Å². The van der Waals surface area contributed by atoms with Crippen LogP contribution in [0.25, 0.3) is 0 Å². The van der Waals surface area contributed by atoms with Gasteiger partial charge in [-0.1, -0.05) is 17.7 Å². The van der Waals surface area contributed by atoms with Gasteiger partial charge in [-0.3, -0.25) is 9.69 Å². The quantitative estimate of drug-likeness (QED) is 0.856. The van der Waals surface area contributed by atoms with Crippen LogP contribution in [0.1, 0.15) is 41.6 Å². The van der Waals surface area contributed by atoms with E-state index in [1.807, 2.05) is 24.3 Å². The molecule has 1 aromatic rings. The van der Waals surface area contributed by atoms with Gasteiger partial charge in [0.1, 0.15) is 0 Å². The van der Waals surface area contributed by atoms with Gasteiger partial charge in [0.2, 0.25) is 0 Å². The molecule has 0 unspecified atom stereocenters. The molecule has 126 valence electrons. The smallest absolute Gasteiger partial charge is 0.254 e. The molecule has 1 aromatic carbocycles. The van der Waals surface area contributed by atoms with Crippen molar-refractivity contribution in [1.29, 1.82) is 0 Å². The van der Waals surface area contributed by atoms with Crippen LogP contribution in [0.3, 0.4) is 0 Å². The molecule has 2 saturated heterocycles. The molecule has 2 aliphatic rings. The van der Waals surface area contributed by atoms with Crippen molar-refractivity contribution in [1.82, 2.24) is 9.80 Å². The Kier molecular flexibility index (Phi) is 5.68. The van der Waals surface area contributed by atoms with Gasteiger partial charge in [0.25, 0.3) is 5.91 Å². The molecule has 0 aliphatic carbocycles. The number of aryl methyl sites for hydroxylation is 1. The summed E-state index contributed by atoms with van der Waals surface area (Å²) in [7, 11) is 0. The SMILES string of the molecule is Cc1ccc(C(=O)N2CCCC[C@H]2CCN2CCOCC2)cc1. The largest absolute Gasteiger partial charge is 0.379 e. The number of likely N-dealkylation sites (tertiary alicyclic amines) is 1. The molecule has 0 saturated carbocycles. The Balaban J connectivity index is 1.61. The molecule has 1 amide bonds. The number of carbonyl (C=O) groups excluding carboxylic acids is 1. The number of ether oxygens (including phenoxy) is 1. The molecule has 0 bridgehead atoms. The maximum atomic E-state index is 12.9. The van der Waals surface area contributed by atoms with Crippen LogP contribution in [-0.2, 0) is 4.74 Å². The zero-order chi connectivity index (χ0) is 16.1. The average molecular weight is 316 g/mol. The molecule has 0 N–H and O–H groups in total. The second kappa shape index (κ2) is 7.93. The number of carbonyl (C=O) groups is 1. The normalized spacial score (nSPS) is 23.0. The fraction of sp³-hybridized carbons (Fsp3) is 0.632. The fourth-order valence-electron chi connectivity index (χ4n) is 3.59. The van der Waals surface area contributed by atoms with Gasteiger partial charge in [-0.05, 0) is 44.7 Å². The number of hydrogen-bond acceptors (Lipinski definition) is 3. The van der Waals surface area contributed by atoms with Crippen LogP contribution >= 0.6 is 0 Å². The number of morpholine rings is 1. The monoisotopic (exact) mass is 316 g/mol. The van der Waals surface area contributed by atoms with Crippen molar-refractivity contribution in [2.45, 2.75) is 38.6 Å². The van der Waals surface area contributed by atoms with Gasteiger partial charge < -0.3 is 9.64 Å². The topological polar surface area (TPSA) is 32.8 Å². The van der Waals surface area contributed by atoms with Gasteiger partial charge >= 0.3 is 0 Å². The first-order chi connectivity index (χ1) is 11.2. The summed E-state index contributed by atoms with van der Waals surface area (Å²) in [5.41, 5.74) is 2.03. The van der Waals surface area contributed by atoms with Crippen molar-refractivity contribution >= 4 is 5.91 Å². The second-order valence-electron chi connectivity index (χ2n) is 6.76. The summed E-state index contributed by atoms with van der Waals surface area (Å²) in [5, 5.41) is 0. The summed E-state index contributed by atoms with van der Waals surface area (Å²) in [5.74, 6) is 0.205. The van der Waals surface area contributed by atoms with Gasteiger partial charge in [-0.15, -0.1) is 0 Å². The number of hydrogen-bond donors (Lipinski definition) is 0. The third kappa shape index (κ3) is 4.33. The lowest BCUT2D eigenvalue weighted by atomic mass is 9.97. The highest BCUT2D eigenvalue weighted by atomic mass is 16.5. The number of piperidine rings is 1. The van der Waals surface area contributed by atoms with Crippen molar-refractivity contribution < 1.29 is 9.53 Å². The highest BCUT2D eigenvalue weighted by molar-refractivity contribution is 5.94. The van der Waals surface area contributed by atoms with Crippen LogP contribution in [0.4, 0.5) is 0 Å². The van der Waals surface area contributed by atoms with E-state index in [4.69, 9.17) is 4.74 Å². The average Bonchev–Trinajstić information content (AvgIpc) is 2.61. The van der Waals surface area contributed by atoms with E-state index in [0.717, 1.165) is 64.2 Å². The molecule has 2 heterocycles. The van der Waals surface area contributed by atoms with Crippen LogP contribution in [0.15, 0.2) is 24.3 Å². The van der Waals surface area contributed by atoms with Crippen molar-refractivity contribution in [2.75, 3.05) is 39.4 Å². The molecule has 0 aromatic heterocycles. The molecule has 23 heavy (non-hydrogen) atoms. The maximum Gasteiger partial charge on any atom is 0.254 e. The van der Waals surface area contributed by atoms with Crippen LogP contribution in [0, 0.1) is 6.92 Å². The molecule has 4 nitrogen and oxygen atoms in total. The molecule has 3 rings (SSSR count).